The van der Waals surface area contributed by atoms with Crippen molar-refractivity contribution < 1.29 is 0 Å². The highest BCUT2D eigenvalue weighted by Gasteiger charge is 2.51. The minimum Gasteiger partial charge on any atom is -0.0986 e. The Morgan fingerprint density at radius 3 is 2.29 bits per heavy atom. The van der Waals surface area contributed by atoms with E-state index in [1.54, 1.807) is 0 Å². The lowest BCUT2D eigenvalue weighted by atomic mass is 9.85. The highest BCUT2D eigenvalue weighted by Crippen LogP contribution is 2.59. The van der Waals surface area contributed by atoms with Crippen LogP contribution in [0.1, 0.15) is 26.7 Å². The minimum atomic E-state index is -0.277. The van der Waals surface area contributed by atoms with Crippen LogP contribution in [0.5, 0.6) is 0 Å². The second-order valence-electron chi connectivity index (χ2n) is 3.75. The lowest BCUT2D eigenvalue weighted by molar-refractivity contribution is 0.593. The molecule has 0 aromatic rings. The standard InChI is InChI=1S/C10H12Br4/c1-6(2)9(12)5-4-7(3)8(11)10(9,13)14/h1,4-5H2,2-3H3/t9-/m1/s1. The van der Waals surface area contributed by atoms with Crippen LogP contribution in [0.25, 0.3) is 0 Å². The Morgan fingerprint density at radius 1 is 1.36 bits per heavy atom. The summed E-state index contributed by atoms with van der Waals surface area (Å²) >= 11 is 14.9. The molecule has 80 valence electrons. The third kappa shape index (κ3) is 1.96. The fourth-order valence-electron chi connectivity index (χ4n) is 1.55. The van der Waals surface area contributed by atoms with E-state index >= 15 is 0 Å². The van der Waals surface area contributed by atoms with Gasteiger partial charge in [-0.05, 0) is 26.7 Å². The maximum absolute atomic E-state index is 4.06. The van der Waals surface area contributed by atoms with Gasteiger partial charge in [0.15, 0.2) is 0 Å². The summed E-state index contributed by atoms with van der Waals surface area (Å²) in [7, 11) is 0. The summed E-state index contributed by atoms with van der Waals surface area (Å²) in [5.41, 5.74) is 2.49. The molecule has 1 atom stereocenters. The molecule has 0 unspecified atom stereocenters. The van der Waals surface area contributed by atoms with Crippen LogP contribution in [0.4, 0.5) is 0 Å². The van der Waals surface area contributed by atoms with Crippen molar-refractivity contribution >= 4 is 63.7 Å². The molecule has 4 heteroatoms. The molecule has 0 N–H and O–H groups in total. The van der Waals surface area contributed by atoms with Crippen molar-refractivity contribution in [3.8, 4) is 0 Å². The third-order valence-electron chi connectivity index (χ3n) is 2.67. The summed E-state index contributed by atoms with van der Waals surface area (Å²) in [6.07, 6.45) is 2.12. The number of rotatable bonds is 1. The summed E-state index contributed by atoms with van der Waals surface area (Å²) in [6.45, 7) is 8.25. The molecule has 0 aromatic heterocycles. The van der Waals surface area contributed by atoms with Crippen LogP contribution in [-0.2, 0) is 0 Å². The molecule has 0 bridgehead atoms. The van der Waals surface area contributed by atoms with Crippen LogP contribution in [0.2, 0.25) is 0 Å². The smallest absolute Gasteiger partial charge is 0.0986 e. The Hall–Kier alpha value is 1.40. The van der Waals surface area contributed by atoms with E-state index in [4.69, 9.17) is 0 Å². The second-order valence-corrected chi connectivity index (χ2v) is 9.34. The summed E-state index contributed by atoms with van der Waals surface area (Å²) in [5, 5.41) is 0. The first-order chi connectivity index (χ1) is 6.23. The molecule has 0 saturated heterocycles. The molecule has 0 radical (unpaired) electrons. The van der Waals surface area contributed by atoms with E-state index in [1.807, 2.05) is 6.92 Å². The van der Waals surface area contributed by atoms with Crippen LogP contribution in [-0.4, -0.2) is 7.56 Å². The van der Waals surface area contributed by atoms with Gasteiger partial charge in [-0.3, -0.25) is 0 Å². The largest absolute Gasteiger partial charge is 0.130 e. The molecule has 1 aliphatic carbocycles. The van der Waals surface area contributed by atoms with E-state index in [0.29, 0.717) is 0 Å². The molecule has 1 rings (SSSR count). The van der Waals surface area contributed by atoms with E-state index < -0.39 is 0 Å². The first-order valence-electron chi connectivity index (χ1n) is 4.32. The molecular formula is C10H12Br4. The van der Waals surface area contributed by atoms with Gasteiger partial charge in [0.2, 0.25) is 0 Å². The molecule has 0 aliphatic heterocycles. The Morgan fingerprint density at radius 2 is 1.86 bits per heavy atom. The fraction of sp³-hybridized carbons (Fsp3) is 0.600. The monoisotopic (exact) mass is 448 g/mol. The fourth-order valence-corrected chi connectivity index (χ4v) is 4.50. The highest BCUT2D eigenvalue weighted by atomic mass is 79.9. The topological polar surface area (TPSA) is 0 Å². The number of alkyl halides is 3. The first kappa shape index (κ1) is 13.5. The van der Waals surface area contributed by atoms with Crippen molar-refractivity contribution in [3.05, 3.63) is 22.2 Å². The van der Waals surface area contributed by atoms with Crippen molar-refractivity contribution in [3.63, 3.8) is 0 Å². The quantitative estimate of drug-likeness (QED) is 0.357. The van der Waals surface area contributed by atoms with Gasteiger partial charge in [-0.1, -0.05) is 81.4 Å². The molecule has 0 heterocycles. The van der Waals surface area contributed by atoms with Crippen molar-refractivity contribution in [2.45, 2.75) is 34.2 Å². The van der Waals surface area contributed by atoms with E-state index in [0.717, 1.165) is 22.9 Å². The Kier molecular flexibility index (Phi) is 4.18. The third-order valence-corrected chi connectivity index (χ3v) is 9.88. The predicted molar refractivity (Wildman–Crippen MR) is 77.9 cm³/mol. The Bertz CT molecular complexity index is 303. The molecular weight excluding hydrogens is 440 g/mol. The van der Waals surface area contributed by atoms with Gasteiger partial charge < -0.3 is 0 Å². The van der Waals surface area contributed by atoms with E-state index in [-0.39, 0.29) is 7.56 Å². The zero-order valence-corrected chi connectivity index (χ0v) is 14.5. The summed E-state index contributed by atoms with van der Waals surface area (Å²) in [4.78, 5) is 0. The minimum absolute atomic E-state index is 0.127. The molecule has 0 fully saturated rings. The van der Waals surface area contributed by atoms with Gasteiger partial charge in [0.25, 0.3) is 0 Å². The van der Waals surface area contributed by atoms with Gasteiger partial charge in [-0.25, -0.2) is 0 Å². The van der Waals surface area contributed by atoms with Crippen LogP contribution < -0.4 is 0 Å². The van der Waals surface area contributed by atoms with Crippen molar-refractivity contribution in [2.75, 3.05) is 0 Å². The van der Waals surface area contributed by atoms with Gasteiger partial charge in [0.05, 0.1) is 4.32 Å². The number of hydrogen-bond donors (Lipinski definition) is 0. The van der Waals surface area contributed by atoms with E-state index in [1.165, 1.54) is 5.57 Å². The highest BCUT2D eigenvalue weighted by molar-refractivity contribution is 9.27. The molecule has 0 spiro atoms. The maximum atomic E-state index is 4.06. The number of hydrogen-bond acceptors (Lipinski definition) is 0. The summed E-state index contributed by atoms with van der Waals surface area (Å²) in [6, 6.07) is 0. The first-order valence-corrected chi connectivity index (χ1v) is 7.49. The number of allylic oxidation sites excluding steroid dienone is 3. The van der Waals surface area contributed by atoms with Gasteiger partial charge in [-0.15, -0.1) is 0 Å². The van der Waals surface area contributed by atoms with Gasteiger partial charge in [-0.2, -0.15) is 0 Å². The Balaban J connectivity index is 3.25. The molecule has 0 saturated carbocycles. The van der Waals surface area contributed by atoms with Crippen molar-refractivity contribution in [2.24, 2.45) is 0 Å². The summed E-state index contributed by atoms with van der Waals surface area (Å²) in [5.74, 6) is 0. The van der Waals surface area contributed by atoms with Crippen LogP contribution in [0, 0.1) is 0 Å². The van der Waals surface area contributed by atoms with Crippen LogP contribution in [0.15, 0.2) is 22.2 Å². The lowest BCUT2D eigenvalue weighted by Crippen LogP contribution is -2.44. The van der Waals surface area contributed by atoms with Crippen LogP contribution >= 0.6 is 63.7 Å². The predicted octanol–water partition coefficient (Wildman–Crippen LogP) is 5.65. The van der Waals surface area contributed by atoms with Crippen molar-refractivity contribution in [1.82, 2.24) is 0 Å². The van der Waals surface area contributed by atoms with E-state index in [9.17, 15) is 0 Å². The molecule has 0 aromatic carbocycles. The average molecular weight is 452 g/mol. The van der Waals surface area contributed by atoms with Gasteiger partial charge >= 0.3 is 0 Å². The van der Waals surface area contributed by atoms with Crippen LogP contribution in [0.3, 0.4) is 0 Å². The summed E-state index contributed by atoms with van der Waals surface area (Å²) < 4.78 is 0.760. The van der Waals surface area contributed by atoms with Gasteiger partial charge in [0, 0.05) is 4.48 Å². The SMILES string of the molecule is C=C(C)[C@]1(Br)CCC(C)=C(Br)C1(Br)Br. The molecule has 1 aliphatic rings. The normalized spacial score (nSPS) is 31.9. The zero-order valence-electron chi connectivity index (χ0n) is 8.13. The lowest BCUT2D eigenvalue weighted by Gasteiger charge is -2.44. The number of halogens is 4. The second kappa shape index (κ2) is 4.34. The molecule has 0 amide bonds. The average Bonchev–Trinajstić information content (AvgIpc) is 2.09. The Labute approximate surface area is 119 Å². The van der Waals surface area contributed by atoms with Crippen molar-refractivity contribution in [1.29, 1.82) is 0 Å². The molecule has 14 heavy (non-hydrogen) atoms. The molecule has 0 nitrogen and oxygen atoms in total. The van der Waals surface area contributed by atoms with E-state index in [2.05, 4.69) is 77.2 Å². The zero-order chi connectivity index (χ0) is 11.1. The van der Waals surface area contributed by atoms with Gasteiger partial charge in [0.1, 0.15) is 3.23 Å². The maximum Gasteiger partial charge on any atom is 0.130 e.